The minimum Gasteiger partial charge on any atom is -0.353 e. The summed E-state index contributed by atoms with van der Waals surface area (Å²) < 4.78 is 0. The second-order valence-electron chi connectivity index (χ2n) is 9.51. The van der Waals surface area contributed by atoms with Crippen LogP contribution in [-0.4, -0.2) is 95.5 Å². The Kier molecular flexibility index (Phi) is 6.81. The Bertz CT molecular complexity index is 963. The van der Waals surface area contributed by atoms with Crippen molar-refractivity contribution in [3.05, 3.63) is 41.2 Å². The van der Waals surface area contributed by atoms with Crippen LogP contribution >= 0.6 is 11.6 Å². The van der Waals surface area contributed by atoms with E-state index in [2.05, 4.69) is 29.6 Å². The number of benzene rings is 1. The van der Waals surface area contributed by atoms with Gasteiger partial charge in [-0.3, -0.25) is 19.6 Å². The molecule has 33 heavy (non-hydrogen) atoms. The molecule has 1 aromatic heterocycles. The number of nitrogens with zero attached hydrogens (tertiary/aromatic N) is 6. The van der Waals surface area contributed by atoms with Crippen LogP contribution in [0.4, 0.5) is 5.82 Å². The molecule has 0 bridgehead atoms. The van der Waals surface area contributed by atoms with E-state index >= 15 is 0 Å². The smallest absolute Gasteiger partial charge is 0.236 e. The molecule has 0 radical (unpaired) electrons. The molecule has 1 saturated carbocycles. The van der Waals surface area contributed by atoms with Crippen molar-refractivity contribution in [2.24, 2.45) is 0 Å². The lowest BCUT2D eigenvalue weighted by Gasteiger charge is -2.43. The summed E-state index contributed by atoms with van der Waals surface area (Å²) in [7, 11) is 0. The molecular weight excluding hydrogens is 436 g/mol. The van der Waals surface area contributed by atoms with E-state index in [0.717, 1.165) is 81.0 Å². The Morgan fingerprint density at radius 3 is 2.39 bits per heavy atom. The van der Waals surface area contributed by atoms with E-state index in [-0.39, 0.29) is 5.91 Å². The van der Waals surface area contributed by atoms with Crippen LogP contribution in [0, 0.1) is 6.92 Å². The summed E-state index contributed by atoms with van der Waals surface area (Å²) >= 11 is 6.35. The SMILES string of the molecule is Cc1ccc(Cl)c(-c2cnc(N3CCN(CC(=O)N4CCN(C5CCC5)CC4)CC3)cn2)c1. The Morgan fingerprint density at radius 2 is 1.76 bits per heavy atom. The van der Waals surface area contributed by atoms with Gasteiger partial charge in [-0.05, 0) is 31.9 Å². The third kappa shape index (κ3) is 5.15. The number of aromatic nitrogens is 2. The van der Waals surface area contributed by atoms with Gasteiger partial charge in [0.15, 0.2) is 0 Å². The molecule has 0 N–H and O–H groups in total. The first-order chi connectivity index (χ1) is 16.1. The van der Waals surface area contributed by atoms with E-state index in [0.29, 0.717) is 11.6 Å². The molecule has 3 fully saturated rings. The molecule has 0 unspecified atom stereocenters. The van der Waals surface area contributed by atoms with E-state index in [1.165, 1.54) is 19.3 Å². The number of hydrogen-bond acceptors (Lipinski definition) is 6. The van der Waals surface area contributed by atoms with Gasteiger partial charge in [-0.2, -0.15) is 0 Å². The summed E-state index contributed by atoms with van der Waals surface area (Å²) in [5.41, 5.74) is 2.84. The molecule has 0 spiro atoms. The molecule has 1 amide bonds. The first-order valence-electron chi connectivity index (χ1n) is 12.1. The van der Waals surface area contributed by atoms with E-state index in [9.17, 15) is 4.79 Å². The Hall–Kier alpha value is -2.22. The van der Waals surface area contributed by atoms with Gasteiger partial charge in [-0.15, -0.1) is 0 Å². The summed E-state index contributed by atoms with van der Waals surface area (Å²) in [6.07, 6.45) is 7.67. The van der Waals surface area contributed by atoms with Gasteiger partial charge in [0.25, 0.3) is 0 Å². The zero-order valence-corrected chi connectivity index (χ0v) is 20.2. The molecule has 5 rings (SSSR count). The van der Waals surface area contributed by atoms with E-state index in [1.54, 1.807) is 6.20 Å². The number of carbonyl (C=O) groups excluding carboxylic acids is 1. The quantitative estimate of drug-likeness (QED) is 0.672. The van der Waals surface area contributed by atoms with Crippen LogP contribution in [0.25, 0.3) is 11.3 Å². The van der Waals surface area contributed by atoms with Crippen LogP contribution in [0.3, 0.4) is 0 Å². The number of carbonyl (C=O) groups is 1. The third-order valence-electron chi connectivity index (χ3n) is 7.35. The molecule has 3 heterocycles. The second kappa shape index (κ2) is 9.95. The number of hydrogen-bond donors (Lipinski definition) is 0. The van der Waals surface area contributed by atoms with Crippen molar-refractivity contribution in [3.63, 3.8) is 0 Å². The number of amides is 1. The van der Waals surface area contributed by atoms with Crippen molar-refractivity contribution in [2.75, 3.05) is 63.8 Å². The maximum atomic E-state index is 12.8. The van der Waals surface area contributed by atoms with Crippen molar-refractivity contribution in [2.45, 2.75) is 32.2 Å². The maximum Gasteiger partial charge on any atom is 0.236 e. The fourth-order valence-corrected chi connectivity index (χ4v) is 5.19. The molecule has 1 aromatic carbocycles. The fourth-order valence-electron chi connectivity index (χ4n) is 4.97. The van der Waals surface area contributed by atoms with Gasteiger partial charge in [-0.1, -0.05) is 29.7 Å². The van der Waals surface area contributed by atoms with Crippen LogP contribution < -0.4 is 4.90 Å². The average Bonchev–Trinajstić information content (AvgIpc) is 2.81. The van der Waals surface area contributed by atoms with Gasteiger partial charge in [-0.25, -0.2) is 4.98 Å². The van der Waals surface area contributed by atoms with Gasteiger partial charge in [0.1, 0.15) is 5.82 Å². The number of halogens is 1. The van der Waals surface area contributed by atoms with Gasteiger partial charge < -0.3 is 9.80 Å². The minimum atomic E-state index is 0.274. The van der Waals surface area contributed by atoms with Crippen LogP contribution in [0.5, 0.6) is 0 Å². The highest BCUT2D eigenvalue weighted by Crippen LogP contribution is 2.28. The molecule has 2 saturated heterocycles. The molecule has 2 aliphatic heterocycles. The summed E-state index contributed by atoms with van der Waals surface area (Å²) in [5, 5.41) is 0.686. The molecule has 7 nitrogen and oxygen atoms in total. The van der Waals surface area contributed by atoms with Gasteiger partial charge >= 0.3 is 0 Å². The molecule has 176 valence electrons. The van der Waals surface area contributed by atoms with Crippen molar-refractivity contribution in [3.8, 4) is 11.3 Å². The lowest BCUT2D eigenvalue weighted by Crippen LogP contribution is -2.56. The Labute approximate surface area is 201 Å². The standard InChI is InChI=1S/C25H33ClN6O/c1-19-5-6-22(26)21(15-19)23-16-28-24(17-27-23)31-9-7-29(8-10-31)18-25(33)32-13-11-30(12-14-32)20-3-2-4-20/h5-6,15-17,20H,2-4,7-14,18H2,1H3. The summed E-state index contributed by atoms with van der Waals surface area (Å²) in [4.78, 5) is 31.2. The van der Waals surface area contributed by atoms with E-state index in [4.69, 9.17) is 11.6 Å². The van der Waals surface area contributed by atoms with Crippen molar-refractivity contribution in [1.82, 2.24) is 24.7 Å². The molecular formula is C25H33ClN6O. The molecule has 8 heteroatoms. The van der Waals surface area contributed by atoms with Crippen LogP contribution in [0.15, 0.2) is 30.6 Å². The van der Waals surface area contributed by atoms with Gasteiger partial charge in [0.2, 0.25) is 5.91 Å². The fraction of sp³-hybridized carbons (Fsp3) is 0.560. The van der Waals surface area contributed by atoms with Crippen LogP contribution in [0.1, 0.15) is 24.8 Å². The first kappa shape index (κ1) is 22.6. The predicted molar refractivity (Wildman–Crippen MR) is 132 cm³/mol. The highest BCUT2D eigenvalue weighted by molar-refractivity contribution is 6.33. The summed E-state index contributed by atoms with van der Waals surface area (Å²) in [6.45, 7) is 9.81. The van der Waals surface area contributed by atoms with Crippen molar-refractivity contribution >= 4 is 23.3 Å². The highest BCUT2D eigenvalue weighted by atomic mass is 35.5. The lowest BCUT2D eigenvalue weighted by atomic mass is 9.91. The largest absolute Gasteiger partial charge is 0.353 e. The number of aryl methyl sites for hydroxylation is 1. The lowest BCUT2D eigenvalue weighted by molar-refractivity contribution is -0.134. The number of rotatable bonds is 5. The number of piperazine rings is 2. The molecule has 1 aliphatic carbocycles. The summed E-state index contributed by atoms with van der Waals surface area (Å²) in [5.74, 6) is 1.15. The molecule has 3 aliphatic rings. The zero-order chi connectivity index (χ0) is 22.8. The highest BCUT2D eigenvalue weighted by Gasteiger charge is 2.30. The average molecular weight is 469 g/mol. The monoisotopic (exact) mass is 468 g/mol. The molecule has 0 atom stereocenters. The number of anilines is 1. The van der Waals surface area contributed by atoms with Crippen LogP contribution in [-0.2, 0) is 4.79 Å². The topological polar surface area (TPSA) is 55.8 Å². The zero-order valence-electron chi connectivity index (χ0n) is 19.4. The maximum absolute atomic E-state index is 12.8. The Morgan fingerprint density at radius 1 is 1.00 bits per heavy atom. The second-order valence-corrected chi connectivity index (χ2v) is 9.92. The summed E-state index contributed by atoms with van der Waals surface area (Å²) in [6, 6.07) is 6.71. The first-order valence-corrected chi connectivity index (χ1v) is 12.5. The predicted octanol–water partition coefficient (Wildman–Crippen LogP) is 2.92. The van der Waals surface area contributed by atoms with Crippen molar-refractivity contribution < 1.29 is 4.79 Å². The Balaban J connectivity index is 1.10. The van der Waals surface area contributed by atoms with Crippen molar-refractivity contribution in [1.29, 1.82) is 0 Å². The minimum absolute atomic E-state index is 0.274. The van der Waals surface area contributed by atoms with Crippen LogP contribution in [0.2, 0.25) is 5.02 Å². The van der Waals surface area contributed by atoms with E-state index in [1.807, 2.05) is 31.3 Å². The normalized spacial score (nSPS) is 20.7. The van der Waals surface area contributed by atoms with Gasteiger partial charge in [0.05, 0.1) is 29.7 Å². The third-order valence-corrected chi connectivity index (χ3v) is 7.68. The molecule has 2 aromatic rings. The van der Waals surface area contributed by atoms with E-state index < -0.39 is 0 Å². The van der Waals surface area contributed by atoms with Gasteiger partial charge in [0, 0.05) is 64.0 Å².